The molecule has 9 heteroatoms. The molecule has 3 saturated heterocycles. The molecule has 3 aliphatic heterocycles. The van der Waals surface area contributed by atoms with Gasteiger partial charge in [-0.1, -0.05) is 28.1 Å². The van der Waals surface area contributed by atoms with E-state index in [4.69, 9.17) is 4.74 Å². The first-order valence-corrected chi connectivity index (χ1v) is 15.3. The number of nitrogens with zero attached hydrogens (tertiary/aromatic N) is 2. The van der Waals surface area contributed by atoms with Gasteiger partial charge in [-0.05, 0) is 65.7 Å². The smallest absolute Gasteiger partial charge is 0.310 e. The van der Waals surface area contributed by atoms with Crippen molar-refractivity contribution in [3.8, 4) is 0 Å². The van der Waals surface area contributed by atoms with Gasteiger partial charge < -0.3 is 19.6 Å². The number of allylic oxidation sites excluding steroid dienone is 1. The van der Waals surface area contributed by atoms with Crippen LogP contribution in [-0.2, 0) is 19.1 Å². The minimum absolute atomic E-state index is 0.0204. The molecule has 0 saturated carbocycles. The maximum absolute atomic E-state index is 14.3. The second-order valence-corrected chi connectivity index (χ2v) is 14.1. The number of hydrogen-bond donors (Lipinski definition) is 1. The quantitative estimate of drug-likeness (QED) is 0.139. The first-order valence-electron chi connectivity index (χ1n) is 13.5. The van der Waals surface area contributed by atoms with Crippen molar-refractivity contribution in [1.82, 2.24) is 9.80 Å². The van der Waals surface area contributed by atoms with Gasteiger partial charge in [0, 0.05) is 35.3 Å². The molecule has 0 aliphatic carbocycles. The summed E-state index contributed by atoms with van der Waals surface area (Å²) in [5.41, 5.74) is -0.454. The number of halogens is 1. The van der Waals surface area contributed by atoms with E-state index in [0.717, 1.165) is 25.7 Å². The molecule has 0 aromatic carbocycles. The van der Waals surface area contributed by atoms with E-state index >= 15 is 0 Å². The molecule has 0 radical (unpaired) electrons. The Kier molecular flexibility index (Phi) is 10.4. The lowest BCUT2D eigenvalue weighted by Crippen LogP contribution is -2.59. The second kappa shape index (κ2) is 12.7. The zero-order chi connectivity index (χ0) is 27.4. The lowest BCUT2D eigenvalue weighted by molar-refractivity contribution is -0.154. The van der Waals surface area contributed by atoms with Crippen molar-refractivity contribution in [3.05, 3.63) is 25.3 Å². The van der Waals surface area contributed by atoms with Crippen molar-refractivity contribution in [1.29, 1.82) is 0 Å². The number of unbranched alkanes of at least 4 members (excludes halogenated alkanes) is 4. The highest BCUT2D eigenvalue weighted by Gasteiger charge is 2.76. The molecule has 3 unspecified atom stereocenters. The van der Waals surface area contributed by atoms with Gasteiger partial charge in [0.25, 0.3) is 0 Å². The van der Waals surface area contributed by atoms with E-state index in [0.29, 0.717) is 39.0 Å². The Morgan fingerprint density at radius 2 is 1.95 bits per heavy atom. The average molecular weight is 600 g/mol. The summed E-state index contributed by atoms with van der Waals surface area (Å²) in [6.07, 6.45) is 8.86. The molecule has 3 aliphatic rings. The fourth-order valence-electron chi connectivity index (χ4n) is 6.12. The number of ether oxygens (including phenoxy) is 1. The van der Waals surface area contributed by atoms with Crippen LogP contribution < -0.4 is 0 Å². The highest BCUT2D eigenvalue weighted by molar-refractivity contribution is 9.09. The molecule has 3 fully saturated rings. The van der Waals surface area contributed by atoms with Crippen LogP contribution in [0.2, 0.25) is 0 Å². The van der Waals surface area contributed by atoms with E-state index in [1.807, 2.05) is 26.8 Å². The Labute approximate surface area is 234 Å². The third-order valence-corrected chi connectivity index (χ3v) is 11.0. The summed E-state index contributed by atoms with van der Waals surface area (Å²) in [5, 5.41) is 9.11. The van der Waals surface area contributed by atoms with Crippen LogP contribution in [0.4, 0.5) is 0 Å². The standard InChI is InChI=1S/C28H43BrN2O5S/c1-6-8-9-13-17-36-26(35)20-21-24(33)30(15-11-10-12-16-32)23(28(21)18-19(29)22(20)37-28)25(34)31(14-7-2)27(3,4)5/h6-7,19-23,32H,1-2,8-18H2,3-5H3/t19?,20-,21+,22-,23?,28?/m1/s1. The topological polar surface area (TPSA) is 87.2 Å². The van der Waals surface area contributed by atoms with Crippen LogP contribution in [0.25, 0.3) is 0 Å². The van der Waals surface area contributed by atoms with Crippen LogP contribution >= 0.6 is 27.7 Å². The van der Waals surface area contributed by atoms with Gasteiger partial charge in [0.15, 0.2) is 0 Å². The predicted molar refractivity (Wildman–Crippen MR) is 152 cm³/mol. The number of fused-ring (bicyclic) bond motifs is 1. The van der Waals surface area contributed by atoms with E-state index in [-0.39, 0.29) is 34.5 Å². The summed E-state index contributed by atoms with van der Waals surface area (Å²) >= 11 is 5.43. The van der Waals surface area contributed by atoms with Gasteiger partial charge in [0.2, 0.25) is 11.8 Å². The maximum atomic E-state index is 14.3. The molecule has 7 nitrogen and oxygen atoms in total. The van der Waals surface area contributed by atoms with Crippen LogP contribution in [0.1, 0.15) is 65.7 Å². The van der Waals surface area contributed by atoms with Crippen molar-refractivity contribution >= 4 is 45.5 Å². The highest BCUT2D eigenvalue weighted by atomic mass is 79.9. The number of carbonyl (C=O) groups excluding carboxylic acids is 3. The number of aliphatic hydroxyl groups excluding tert-OH is 1. The van der Waals surface area contributed by atoms with Crippen LogP contribution in [-0.4, -0.2) is 85.4 Å². The Bertz CT molecular complexity index is 877. The molecule has 1 N–H and O–H groups in total. The Morgan fingerprint density at radius 3 is 2.57 bits per heavy atom. The molecule has 0 aromatic rings. The monoisotopic (exact) mass is 598 g/mol. The number of hydrogen-bond acceptors (Lipinski definition) is 6. The van der Waals surface area contributed by atoms with Crippen LogP contribution in [0.3, 0.4) is 0 Å². The molecule has 208 valence electrons. The molecule has 0 aromatic heterocycles. The Morgan fingerprint density at radius 1 is 1.22 bits per heavy atom. The summed E-state index contributed by atoms with van der Waals surface area (Å²) in [4.78, 5) is 45.3. The summed E-state index contributed by atoms with van der Waals surface area (Å²) in [6, 6.07) is -0.654. The minimum Gasteiger partial charge on any atom is -0.465 e. The zero-order valence-electron chi connectivity index (χ0n) is 22.5. The molecular weight excluding hydrogens is 556 g/mol. The summed E-state index contributed by atoms with van der Waals surface area (Å²) in [7, 11) is 0. The number of rotatable bonds is 14. The van der Waals surface area contributed by atoms with E-state index in [9.17, 15) is 19.5 Å². The number of thioether (sulfide) groups is 1. The van der Waals surface area contributed by atoms with Crippen molar-refractivity contribution in [2.45, 2.75) is 92.1 Å². The fraction of sp³-hybridized carbons (Fsp3) is 0.750. The normalized spacial score (nSPS) is 30.4. The number of aliphatic hydroxyl groups is 1. The number of likely N-dealkylation sites (tertiary alicyclic amines) is 1. The SMILES string of the molecule is C=CCCCCOC(=O)[C@H]1[C@@H]2SC3(CC2Br)C(C(=O)N(CC=C)C(C)(C)C)N(CCCCCO)C(=O)[C@H]13. The van der Waals surface area contributed by atoms with Gasteiger partial charge in [0.1, 0.15) is 6.04 Å². The molecule has 1 spiro atoms. The number of amides is 2. The molecule has 2 amide bonds. The van der Waals surface area contributed by atoms with Crippen molar-refractivity contribution < 1.29 is 24.2 Å². The average Bonchev–Trinajstić information content (AvgIpc) is 3.42. The van der Waals surface area contributed by atoms with Crippen molar-refractivity contribution in [3.63, 3.8) is 0 Å². The molecule has 6 atom stereocenters. The summed E-state index contributed by atoms with van der Waals surface area (Å²) in [5.74, 6) is -1.67. The van der Waals surface area contributed by atoms with E-state index in [1.165, 1.54) is 0 Å². The van der Waals surface area contributed by atoms with Crippen molar-refractivity contribution in [2.75, 3.05) is 26.3 Å². The largest absolute Gasteiger partial charge is 0.465 e. The van der Waals surface area contributed by atoms with Gasteiger partial charge in [0.05, 0.1) is 23.2 Å². The Balaban J connectivity index is 1.94. The first-order chi connectivity index (χ1) is 17.5. The first kappa shape index (κ1) is 30.2. The summed E-state index contributed by atoms with van der Waals surface area (Å²) < 4.78 is 5.02. The lowest BCUT2D eigenvalue weighted by Gasteiger charge is -2.42. The van der Waals surface area contributed by atoms with E-state index < -0.39 is 28.2 Å². The molecule has 3 rings (SSSR count). The highest BCUT2D eigenvalue weighted by Crippen LogP contribution is 2.68. The van der Waals surface area contributed by atoms with E-state index in [1.54, 1.807) is 27.6 Å². The zero-order valence-corrected chi connectivity index (χ0v) is 24.9. The number of alkyl halides is 1. The molecular formula is C28H43BrN2O5S. The minimum atomic E-state index is -0.679. The second-order valence-electron chi connectivity index (χ2n) is 11.3. The number of esters is 1. The predicted octanol–water partition coefficient (Wildman–Crippen LogP) is 4.33. The van der Waals surface area contributed by atoms with Crippen LogP contribution in [0.5, 0.6) is 0 Å². The van der Waals surface area contributed by atoms with Crippen molar-refractivity contribution in [2.24, 2.45) is 11.8 Å². The van der Waals surface area contributed by atoms with Gasteiger partial charge in [-0.2, -0.15) is 0 Å². The van der Waals surface area contributed by atoms with Crippen LogP contribution in [0.15, 0.2) is 25.3 Å². The summed E-state index contributed by atoms with van der Waals surface area (Å²) in [6.45, 7) is 14.8. The number of carbonyl (C=O) groups is 3. The van der Waals surface area contributed by atoms with E-state index in [2.05, 4.69) is 29.1 Å². The van der Waals surface area contributed by atoms with Gasteiger partial charge in [-0.15, -0.1) is 24.9 Å². The molecule has 3 heterocycles. The third kappa shape index (κ3) is 5.98. The Hall–Kier alpha value is -1.32. The fourth-order valence-corrected chi connectivity index (χ4v) is 9.72. The maximum Gasteiger partial charge on any atom is 0.310 e. The van der Waals surface area contributed by atoms with Crippen LogP contribution in [0, 0.1) is 11.8 Å². The molecule has 37 heavy (non-hydrogen) atoms. The lowest BCUT2D eigenvalue weighted by atomic mass is 9.71. The third-order valence-electron chi connectivity index (χ3n) is 7.79. The van der Waals surface area contributed by atoms with Gasteiger partial charge in [-0.3, -0.25) is 14.4 Å². The molecule has 2 bridgehead atoms. The van der Waals surface area contributed by atoms with Gasteiger partial charge in [-0.25, -0.2) is 0 Å². The van der Waals surface area contributed by atoms with Gasteiger partial charge >= 0.3 is 5.97 Å².